The van der Waals surface area contributed by atoms with Crippen molar-refractivity contribution in [1.82, 2.24) is 9.59 Å². The number of rotatable bonds is 3. The van der Waals surface area contributed by atoms with Crippen LogP contribution >= 0.6 is 23.1 Å². The van der Waals surface area contributed by atoms with E-state index in [1.165, 1.54) is 11.5 Å². The third kappa shape index (κ3) is 2.30. The lowest BCUT2D eigenvalue weighted by Crippen LogP contribution is -2.38. The van der Waals surface area contributed by atoms with E-state index in [0.717, 1.165) is 10.7 Å². The summed E-state index contributed by atoms with van der Waals surface area (Å²) in [5.74, 6) is 0.512. The maximum Gasteiger partial charge on any atom is 0.265 e. The van der Waals surface area contributed by atoms with Crippen LogP contribution in [-0.2, 0) is 11.3 Å². The van der Waals surface area contributed by atoms with E-state index < -0.39 is 0 Å². The second-order valence-corrected chi connectivity index (χ2v) is 5.37. The molecule has 1 aliphatic heterocycles. The number of hydrogen-bond acceptors (Lipinski definition) is 6. The summed E-state index contributed by atoms with van der Waals surface area (Å²) in [6.07, 6.45) is 0. The number of carbonyl (C=O) groups is 1. The first-order valence-electron chi connectivity index (χ1n) is 5.90. The number of benzene rings is 1. The first kappa shape index (κ1) is 13.1. The fourth-order valence-electron chi connectivity index (χ4n) is 2.00. The number of ether oxygens (including phenoxy) is 1. The number of aromatic nitrogens is 2. The standard InChI is InChI=1S/C12H11ClN4O2S/c1-14-12-8(15-16-20-12)5-17-9-4-7(13)2-3-10(9)19-6-11(17)18/h2-4,14H,5-6H2,1H3. The lowest BCUT2D eigenvalue weighted by atomic mass is 10.2. The van der Waals surface area contributed by atoms with Crippen LogP contribution in [0.3, 0.4) is 0 Å². The molecule has 0 spiro atoms. The molecule has 1 amide bonds. The summed E-state index contributed by atoms with van der Waals surface area (Å²) in [4.78, 5) is 13.7. The largest absolute Gasteiger partial charge is 0.482 e. The van der Waals surface area contributed by atoms with Crippen molar-refractivity contribution < 1.29 is 9.53 Å². The molecule has 0 aliphatic carbocycles. The molecular formula is C12H11ClN4O2S. The molecule has 1 aliphatic rings. The molecule has 0 atom stereocenters. The van der Waals surface area contributed by atoms with Gasteiger partial charge in [0.1, 0.15) is 16.4 Å². The van der Waals surface area contributed by atoms with Crippen molar-refractivity contribution in [3.63, 3.8) is 0 Å². The Morgan fingerprint density at radius 3 is 3.20 bits per heavy atom. The molecule has 0 bridgehead atoms. The van der Waals surface area contributed by atoms with E-state index in [-0.39, 0.29) is 12.5 Å². The molecule has 104 valence electrons. The Hall–Kier alpha value is -1.86. The monoisotopic (exact) mass is 310 g/mol. The van der Waals surface area contributed by atoms with Crippen molar-refractivity contribution in [1.29, 1.82) is 0 Å². The molecule has 3 rings (SSSR count). The summed E-state index contributed by atoms with van der Waals surface area (Å²) in [6.45, 7) is 0.350. The minimum Gasteiger partial charge on any atom is -0.482 e. The maximum atomic E-state index is 12.1. The summed E-state index contributed by atoms with van der Waals surface area (Å²) in [7, 11) is 1.80. The molecule has 6 nitrogen and oxygen atoms in total. The topological polar surface area (TPSA) is 67.4 Å². The molecule has 2 aromatic rings. The van der Waals surface area contributed by atoms with Crippen molar-refractivity contribution in [2.75, 3.05) is 23.9 Å². The van der Waals surface area contributed by atoms with Crippen molar-refractivity contribution in [2.45, 2.75) is 6.54 Å². The lowest BCUT2D eigenvalue weighted by molar-refractivity contribution is -0.121. The summed E-state index contributed by atoms with van der Waals surface area (Å²) in [5, 5.41) is 8.46. The Bertz CT molecular complexity index is 661. The Morgan fingerprint density at radius 1 is 1.55 bits per heavy atom. The molecule has 0 saturated heterocycles. The van der Waals surface area contributed by atoms with Crippen LogP contribution in [0.25, 0.3) is 0 Å². The number of hydrogen-bond donors (Lipinski definition) is 1. The number of amides is 1. The summed E-state index contributed by atoms with van der Waals surface area (Å²) < 4.78 is 9.29. The van der Waals surface area contributed by atoms with Crippen LogP contribution in [-0.4, -0.2) is 29.1 Å². The Morgan fingerprint density at radius 2 is 2.40 bits per heavy atom. The number of nitrogens with zero attached hydrogens (tertiary/aromatic N) is 3. The molecule has 0 unspecified atom stereocenters. The predicted octanol–water partition coefficient (Wildman–Crippen LogP) is 2.16. The molecule has 8 heteroatoms. The SMILES string of the molecule is CNc1snnc1CN1C(=O)COc2ccc(Cl)cc21. The van der Waals surface area contributed by atoms with Crippen molar-refractivity contribution in [3.8, 4) is 5.75 Å². The molecule has 0 fully saturated rings. The van der Waals surface area contributed by atoms with Crippen LogP contribution in [0.4, 0.5) is 10.7 Å². The van der Waals surface area contributed by atoms with Gasteiger partial charge in [-0.3, -0.25) is 9.69 Å². The van der Waals surface area contributed by atoms with Gasteiger partial charge < -0.3 is 10.1 Å². The van der Waals surface area contributed by atoms with Gasteiger partial charge in [0.05, 0.1) is 12.2 Å². The first-order chi connectivity index (χ1) is 9.69. The van der Waals surface area contributed by atoms with Gasteiger partial charge in [0.15, 0.2) is 6.61 Å². The zero-order valence-corrected chi connectivity index (χ0v) is 12.2. The van der Waals surface area contributed by atoms with Crippen molar-refractivity contribution in [2.24, 2.45) is 0 Å². The highest BCUT2D eigenvalue weighted by Gasteiger charge is 2.27. The van der Waals surface area contributed by atoms with Gasteiger partial charge in [-0.2, -0.15) is 0 Å². The highest BCUT2D eigenvalue weighted by Crippen LogP contribution is 2.35. The molecular weight excluding hydrogens is 300 g/mol. The second-order valence-electron chi connectivity index (χ2n) is 4.18. The van der Waals surface area contributed by atoms with E-state index >= 15 is 0 Å². The zero-order chi connectivity index (χ0) is 14.1. The van der Waals surface area contributed by atoms with Crippen molar-refractivity contribution >= 4 is 39.7 Å². The lowest BCUT2D eigenvalue weighted by Gasteiger charge is -2.29. The maximum absolute atomic E-state index is 12.1. The van der Waals surface area contributed by atoms with Gasteiger partial charge in [0, 0.05) is 23.6 Å². The molecule has 1 aromatic heterocycles. The Labute approximate surface area is 124 Å². The van der Waals surface area contributed by atoms with E-state index in [0.29, 0.717) is 23.0 Å². The number of nitrogens with one attached hydrogen (secondary N) is 1. The van der Waals surface area contributed by atoms with Crippen LogP contribution in [0.1, 0.15) is 5.69 Å². The molecule has 0 saturated carbocycles. The Balaban J connectivity index is 1.97. The van der Waals surface area contributed by atoms with Gasteiger partial charge in [-0.25, -0.2) is 0 Å². The van der Waals surface area contributed by atoms with Gasteiger partial charge in [0.2, 0.25) is 0 Å². The van der Waals surface area contributed by atoms with E-state index in [9.17, 15) is 4.79 Å². The number of anilines is 2. The van der Waals surface area contributed by atoms with Crippen LogP contribution in [0.2, 0.25) is 5.02 Å². The molecule has 2 heterocycles. The van der Waals surface area contributed by atoms with Gasteiger partial charge in [0.25, 0.3) is 5.91 Å². The average Bonchev–Trinajstić information content (AvgIpc) is 2.89. The average molecular weight is 311 g/mol. The molecule has 0 radical (unpaired) electrons. The van der Waals surface area contributed by atoms with Gasteiger partial charge >= 0.3 is 0 Å². The van der Waals surface area contributed by atoms with Crippen LogP contribution in [0, 0.1) is 0 Å². The summed E-state index contributed by atoms with van der Waals surface area (Å²) in [5.41, 5.74) is 1.38. The molecule has 20 heavy (non-hydrogen) atoms. The third-order valence-electron chi connectivity index (χ3n) is 2.95. The van der Waals surface area contributed by atoms with Crippen LogP contribution < -0.4 is 15.0 Å². The van der Waals surface area contributed by atoms with E-state index in [2.05, 4.69) is 14.9 Å². The summed E-state index contributed by atoms with van der Waals surface area (Å²) in [6, 6.07) is 5.21. The zero-order valence-electron chi connectivity index (χ0n) is 10.6. The first-order valence-corrected chi connectivity index (χ1v) is 7.06. The minimum absolute atomic E-state index is 0.0150. The van der Waals surface area contributed by atoms with Gasteiger partial charge in [-0.05, 0) is 18.2 Å². The van der Waals surface area contributed by atoms with Crippen LogP contribution in [0.15, 0.2) is 18.2 Å². The normalized spacial score (nSPS) is 13.9. The smallest absolute Gasteiger partial charge is 0.265 e. The van der Waals surface area contributed by atoms with Gasteiger partial charge in [-0.1, -0.05) is 16.1 Å². The fraction of sp³-hybridized carbons (Fsp3) is 0.250. The molecule has 1 N–H and O–H groups in total. The second kappa shape index (κ2) is 5.26. The van der Waals surface area contributed by atoms with Crippen molar-refractivity contribution in [3.05, 3.63) is 28.9 Å². The van der Waals surface area contributed by atoms with E-state index in [4.69, 9.17) is 16.3 Å². The summed E-state index contributed by atoms with van der Waals surface area (Å²) >= 11 is 7.25. The fourth-order valence-corrected chi connectivity index (χ4v) is 2.69. The number of carbonyl (C=O) groups excluding carboxylic acids is 1. The van der Waals surface area contributed by atoms with Gasteiger partial charge in [-0.15, -0.1) is 5.10 Å². The predicted molar refractivity (Wildman–Crippen MR) is 77.6 cm³/mol. The van der Waals surface area contributed by atoms with E-state index in [1.54, 1.807) is 30.1 Å². The molecule has 1 aromatic carbocycles. The Kier molecular flexibility index (Phi) is 3.45. The quantitative estimate of drug-likeness (QED) is 0.941. The highest BCUT2D eigenvalue weighted by atomic mass is 35.5. The van der Waals surface area contributed by atoms with E-state index in [1.807, 2.05) is 0 Å². The third-order valence-corrected chi connectivity index (χ3v) is 3.98. The van der Waals surface area contributed by atoms with Crippen LogP contribution in [0.5, 0.6) is 5.75 Å². The number of fused-ring (bicyclic) bond motifs is 1. The minimum atomic E-state index is -0.130. The number of halogens is 1. The highest BCUT2D eigenvalue weighted by molar-refractivity contribution is 7.10.